The number of hydrogen-bond donors (Lipinski definition) is 1. The summed E-state index contributed by atoms with van der Waals surface area (Å²) in [4.78, 5) is 23.1. The van der Waals surface area contributed by atoms with Crippen molar-refractivity contribution in [1.82, 2.24) is 34.8 Å². The predicted octanol–water partition coefficient (Wildman–Crippen LogP) is 1.91. The highest BCUT2D eigenvalue weighted by molar-refractivity contribution is 7.13. The molecule has 0 saturated carbocycles. The predicted molar refractivity (Wildman–Crippen MR) is 88.6 cm³/mol. The molecule has 4 rings (SSSR count). The first-order chi connectivity index (χ1) is 11.7. The SMILES string of the molecule is Cc1cnn([C@@H]2CCCN(C(=O)c3csc(-c4ncn[nH]4)n3)C2)c1. The lowest BCUT2D eigenvalue weighted by Gasteiger charge is -2.32. The third-order valence-corrected chi connectivity index (χ3v) is 4.98. The number of hydrogen-bond acceptors (Lipinski definition) is 6. The summed E-state index contributed by atoms with van der Waals surface area (Å²) in [6.07, 6.45) is 7.31. The van der Waals surface area contributed by atoms with Gasteiger partial charge in [-0.05, 0) is 25.3 Å². The van der Waals surface area contributed by atoms with Crippen molar-refractivity contribution in [2.75, 3.05) is 13.1 Å². The first-order valence-corrected chi connectivity index (χ1v) is 8.70. The van der Waals surface area contributed by atoms with Gasteiger partial charge in [0.2, 0.25) is 0 Å². The van der Waals surface area contributed by atoms with Gasteiger partial charge in [-0.3, -0.25) is 14.6 Å². The molecule has 0 aromatic carbocycles. The molecule has 0 bridgehead atoms. The zero-order chi connectivity index (χ0) is 16.5. The number of likely N-dealkylation sites (tertiary alicyclic amines) is 1. The van der Waals surface area contributed by atoms with Crippen molar-refractivity contribution in [3.05, 3.63) is 35.4 Å². The number of nitrogens with one attached hydrogen (secondary N) is 1. The van der Waals surface area contributed by atoms with E-state index < -0.39 is 0 Å². The Bertz CT molecular complexity index is 838. The first kappa shape index (κ1) is 15.0. The van der Waals surface area contributed by atoms with Crippen molar-refractivity contribution in [3.63, 3.8) is 0 Å². The second-order valence-electron chi connectivity index (χ2n) is 5.92. The van der Waals surface area contributed by atoms with Gasteiger partial charge in [-0.1, -0.05) is 0 Å². The highest BCUT2D eigenvalue weighted by atomic mass is 32.1. The molecule has 0 spiro atoms. The summed E-state index contributed by atoms with van der Waals surface area (Å²) in [6.45, 7) is 3.44. The summed E-state index contributed by atoms with van der Waals surface area (Å²) < 4.78 is 1.97. The smallest absolute Gasteiger partial charge is 0.273 e. The van der Waals surface area contributed by atoms with E-state index in [1.165, 1.54) is 17.7 Å². The van der Waals surface area contributed by atoms with Gasteiger partial charge in [-0.15, -0.1) is 11.3 Å². The van der Waals surface area contributed by atoms with Crippen molar-refractivity contribution < 1.29 is 4.79 Å². The third kappa shape index (κ3) is 2.82. The number of aromatic nitrogens is 6. The Balaban J connectivity index is 1.50. The van der Waals surface area contributed by atoms with Gasteiger partial charge >= 0.3 is 0 Å². The maximum absolute atomic E-state index is 12.8. The molecule has 9 heteroatoms. The summed E-state index contributed by atoms with van der Waals surface area (Å²) in [5, 5.41) is 13.4. The summed E-state index contributed by atoms with van der Waals surface area (Å²) in [5.41, 5.74) is 1.60. The van der Waals surface area contributed by atoms with Crippen molar-refractivity contribution in [3.8, 4) is 10.8 Å². The van der Waals surface area contributed by atoms with Crippen LogP contribution in [0.1, 0.15) is 34.9 Å². The van der Waals surface area contributed by atoms with Crippen LogP contribution in [0.3, 0.4) is 0 Å². The molecule has 1 atom stereocenters. The molecule has 1 saturated heterocycles. The molecule has 124 valence electrons. The van der Waals surface area contributed by atoms with E-state index in [1.54, 1.807) is 5.38 Å². The molecule has 1 aliphatic rings. The van der Waals surface area contributed by atoms with Crippen LogP contribution in [0.2, 0.25) is 0 Å². The second-order valence-corrected chi connectivity index (χ2v) is 6.77. The summed E-state index contributed by atoms with van der Waals surface area (Å²) in [6, 6.07) is 0.226. The fraction of sp³-hybridized carbons (Fsp3) is 0.400. The van der Waals surface area contributed by atoms with E-state index in [-0.39, 0.29) is 11.9 Å². The highest BCUT2D eigenvalue weighted by Crippen LogP contribution is 2.25. The molecule has 3 aromatic heterocycles. The first-order valence-electron chi connectivity index (χ1n) is 7.82. The topological polar surface area (TPSA) is 92.6 Å². The number of thiazole rings is 1. The quantitative estimate of drug-likeness (QED) is 0.784. The lowest BCUT2D eigenvalue weighted by Crippen LogP contribution is -2.41. The molecule has 0 radical (unpaired) electrons. The number of aryl methyl sites for hydroxylation is 1. The normalized spacial score (nSPS) is 18.0. The molecule has 1 aliphatic heterocycles. The van der Waals surface area contributed by atoms with Gasteiger partial charge in [0, 0.05) is 24.7 Å². The van der Waals surface area contributed by atoms with E-state index in [9.17, 15) is 4.79 Å². The Morgan fingerprint density at radius 2 is 2.38 bits per heavy atom. The highest BCUT2D eigenvalue weighted by Gasteiger charge is 2.27. The van der Waals surface area contributed by atoms with Gasteiger partial charge < -0.3 is 4.90 Å². The number of carbonyl (C=O) groups excluding carboxylic acids is 1. The number of piperidine rings is 1. The molecular weight excluding hydrogens is 326 g/mol. The third-order valence-electron chi connectivity index (χ3n) is 4.13. The Morgan fingerprint density at radius 3 is 3.12 bits per heavy atom. The Labute approximate surface area is 142 Å². The Hall–Kier alpha value is -2.55. The number of nitrogens with zero attached hydrogens (tertiary/aromatic N) is 6. The van der Waals surface area contributed by atoms with Crippen molar-refractivity contribution in [2.24, 2.45) is 0 Å². The van der Waals surface area contributed by atoms with Crippen LogP contribution in [-0.4, -0.2) is 53.8 Å². The van der Waals surface area contributed by atoms with Crippen molar-refractivity contribution in [2.45, 2.75) is 25.8 Å². The van der Waals surface area contributed by atoms with Gasteiger partial charge in [0.05, 0.1) is 12.2 Å². The molecule has 1 fully saturated rings. The van der Waals surface area contributed by atoms with Crippen LogP contribution in [0, 0.1) is 6.92 Å². The molecule has 1 N–H and O–H groups in total. The molecular formula is C15H17N7OS. The standard InChI is InChI=1S/C15H17N7OS/c1-10-5-18-22(6-10)11-3-2-4-21(7-11)15(23)12-8-24-14(19-12)13-16-9-17-20-13/h5-6,8-9,11H,2-4,7H2,1H3,(H,16,17,20)/t11-/m1/s1. The van der Waals surface area contributed by atoms with Crippen LogP contribution in [0.5, 0.6) is 0 Å². The minimum atomic E-state index is -0.0365. The van der Waals surface area contributed by atoms with Crippen LogP contribution < -0.4 is 0 Å². The Morgan fingerprint density at radius 1 is 1.46 bits per heavy atom. The number of aromatic amines is 1. The summed E-state index contributed by atoms with van der Waals surface area (Å²) in [7, 11) is 0. The molecule has 1 amide bonds. The van der Waals surface area contributed by atoms with Crippen LogP contribution >= 0.6 is 11.3 Å². The van der Waals surface area contributed by atoms with Crippen LogP contribution in [0.4, 0.5) is 0 Å². The zero-order valence-corrected chi connectivity index (χ0v) is 14.0. The van der Waals surface area contributed by atoms with Crippen LogP contribution in [0.15, 0.2) is 24.1 Å². The minimum Gasteiger partial charge on any atom is -0.335 e. The van der Waals surface area contributed by atoms with Gasteiger partial charge in [-0.25, -0.2) is 9.97 Å². The van der Waals surface area contributed by atoms with E-state index in [0.29, 0.717) is 23.1 Å². The molecule has 3 aromatic rings. The van der Waals surface area contributed by atoms with Crippen LogP contribution in [0.25, 0.3) is 10.8 Å². The van der Waals surface area contributed by atoms with Crippen molar-refractivity contribution >= 4 is 17.2 Å². The fourth-order valence-corrected chi connectivity index (χ4v) is 3.68. The largest absolute Gasteiger partial charge is 0.335 e. The Kier molecular flexibility index (Phi) is 3.85. The van der Waals surface area contributed by atoms with Crippen molar-refractivity contribution in [1.29, 1.82) is 0 Å². The van der Waals surface area contributed by atoms with E-state index in [4.69, 9.17) is 0 Å². The van der Waals surface area contributed by atoms with Gasteiger partial charge in [0.15, 0.2) is 10.8 Å². The summed E-state index contributed by atoms with van der Waals surface area (Å²) in [5.74, 6) is 0.549. The number of H-pyrrole nitrogens is 1. The average molecular weight is 343 g/mol. The maximum atomic E-state index is 12.8. The molecule has 0 aliphatic carbocycles. The molecule has 0 unspecified atom stereocenters. The lowest BCUT2D eigenvalue weighted by atomic mass is 10.1. The monoisotopic (exact) mass is 343 g/mol. The van der Waals surface area contributed by atoms with E-state index >= 15 is 0 Å². The average Bonchev–Trinajstić information content (AvgIpc) is 3.34. The zero-order valence-electron chi connectivity index (χ0n) is 13.2. The van der Waals surface area contributed by atoms with E-state index in [0.717, 1.165) is 24.9 Å². The van der Waals surface area contributed by atoms with Crippen LogP contribution in [-0.2, 0) is 0 Å². The number of rotatable bonds is 3. The molecule has 24 heavy (non-hydrogen) atoms. The molecule has 4 heterocycles. The number of carbonyl (C=O) groups is 1. The van der Waals surface area contributed by atoms with E-state index in [2.05, 4.69) is 25.3 Å². The minimum absolute atomic E-state index is 0.0365. The molecule has 8 nitrogen and oxygen atoms in total. The summed E-state index contributed by atoms with van der Waals surface area (Å²) >= 11 is 1.39. The van der Waals surface area contributed by atoms with Gasteiger partial charge in [-0.2, -0.15) is 10.2 Å². The second kappa shape index (κ2) is 6.16. The van der Waals surface area contributed by atoms with Gasteiger partial charge in [0.1, 0.15) is 12.0 Å². The fourth-order valence-electron chi connectivity index (χ4n) is 2.94. The number of amides is 1. The van der Waals surface area contributed by atoms with Gasteiger partial charge in [0.25, 0.3) is 5.91 Å². The maximum Gasteiger partial charge on any atom is 0.273 e. The lowest BCUT2D eigenvalue weighted by molar-refractivity contribution is 0.0668. The van der Waals surface area contributed by atoms with E-state index in [1.807, 2.05) is 28.9 Å².